The lowest BCUT2D eigenvalue weighted by molar-refractivity contribution is -0.133. The van der Waals surface area contributed by atoms with E-state index in [9.17, 15) is 9.59 Å². The summed E-state index contributed by atoms with van der Waals surface area (Å²) < 4.78 is 0. The Morgan fingerprint density at radius 2 is 1.71 bits per heavy atom. The number of benzene rings is 2. The van der Waals surface area contributed by atoms with E-state index in [1.807, 2.05) is 31.2 Å². The first kappa shape index (κ1) is 37.6. The molecule has 1 spiro atoms. The highest BCUT2D eigenvalue weighted by Gasteiger charge is 2.52. The van der Waals surface area contributed by atoms with Gasteiger partial charge in [0.25, 0.3) is 11.8 Å². The van der Waals surface area contributed by atoms with Crippen LogP contribution in [-0.4, -0.2) is 53.2 Å². The van der Waals surface area contributed by atoms with E-state index in [1.54, 1.807) is 18.2 Å². The van der Waals surface area contributed by atoms with Crippen molar-refractivity contribution >= 4 is 53.3 Å². The molecule has 2 N–H and O–H groups in total. The lowest BCUT2D eigenvalue weighted by Crippen LogP contribution is -2.51. The molecule has 48 heavy (non-hydrogen) atoms. The van der Waals surface area contributed by atoms with Gasteiger partial charge >= 0.3 is 0 Å². The zero-order valence-electron chi connectivity index (χ0n) is 29.6. The van der Waals surface area contributed by atoms with Crippen LogP contribution in [0.4, 0.5) is 0 Å². The Balaban J connectivity index is 1.69. The summed E-state index contributed by atoms with van der Waals surface area (Å²) in [6, 6.07) is 12.7. The van der Waals surface area contributed by atoms with E-state index >= 15 is 0 Å². The topological polar surface area (TPSA) is 98.5 Å². The first-order valence-corrected chi connectivity index (χ1v) is 18.0. The number of hydrogen-bond donors (Lipinski definition) is 2. The summed E-state index contributed by atoms with van der Waals surface area (Å²) in [7, 11) is 0. The predicted molar refractivity (Wildman–Crippen MR) is 199 cm³/mol. The molecule has 2 unspecified atom stereocenters. The van der Waals surface area contributed by atoms with Crippen molar-refractivity contribution in [2.45, 2.75) is 111 Å². The summed E-state index contributed by atoms with van der Waals surface area (Å²) in [5.41, 5.74) is 4.73. The van der Waals surface area contributed by atoms with E-state index in [4.69, 9.17) is 28.2 Å². The lowest BCUT2D eigenvalue weighted by atomic mass is 9.75. The van der Waals surface area contributed by atoms with Crippen molar-refractivity contribution in [1.82, 2.24) is 15.6 Å². The van der Waals surface area contributed by atoms with Crippen LogP contribution in [-0.2, 0) is 4.79 Å². The molecule has 1 aliphatic heterocycles. The van der Waals surface area contributed by atoms with Crippen molar-refractivity contribution in [2.75, 3.05) is 6.54 Å². The minimum atomic E-state index is -0.664. The Bertz CT molecular complexity index is 1500. The summed E-state index contributed by atoms with van der Waals surface area (Å²) in [6.07, 6.45) is 6.10. The first-order valence-electron chi connectivity index (χ1n) is 17.2. The number of amides is 2. The van der Waals surface area contributed by atoms with Crippen LogP contribution in [0, 0.1) is 17.3 Å². The van der Waals surface area contributed by atoms with Crippen molar-refractivity contribution in [3.05, 3.63) is 69.2 Å². The highest BCUT2D eigenvalue weighted by Crippen LogP contribution is 2.48. The normalized spacial score (nSPS) is 21.3. The highest BCUT2D eigenvalue weighted by atomic mass is 35.5. The summed E-state index contributed by atoms with van der Waals surface area (Å²) in [6.45, 7) is 19.0. The maximum atomic E-state index is 14.6. The second-order valence-electron chi connectivity index (χ2n) is 14.9. The fourth-order valence-corrected chi connectivity index (χ4v) is 7.27. The molecule has 1 fully saturated rings. The van der Waals surface area contributed by atoms with E-state index in [2.05, 4.69) is 74.0 Å². The van der Waals surface area contributed by atoms with Gasteiger partial charge in [0.1, 0.15) is 17.2 Å². The number of nitrogens with zero attached hydrogens (tertiary/aromatic N) is 4. The second kappa shape index (κ2) is 16.0. The molecule has 0 radical (unpaired) electrons. The summed E-state index contributed by atoms with van der Waals surface area (Å²) in [5, 5.41) is 7.60. The van der Waals surface area contributed by atoms with Gasteiger partial charge in [0.05, 0.1) is 12.6 Å². The molecule has 0 bridgehead atoms. The molecule has 1 saturated carbocycles. The number of hydrogen-bond acceptors (Lipinski definition) is 5. The van der Waals surface area contributed by atoms with Crippen molar-refractivity contribution in [3.63, 3.8) is 0 Å². The van der Waals surface area contributed by atoms with E-state index in [0.717, 1.165) is 50.5 Å². The van der Waals surface area contributed by atoms with Gasteiger partial charge in [-0.25, -0.2) is 0 Å². The maximum absolute atomic E-state index is 14.6. The molecular formula is C38H52Cl2N6O2. The van der Waals surface area contributed by atoms with Crippen molar-refractivity contribution in [3.8, 4) is 0 Å². The van der Waals surface area contributed by atoms with Crippen LogP contribution in [0.25, 0.3) is 0 Å². The molecule has 4 rings (SSSR count). The number of nitrogens with one attached hydrogen (secondary N) is 2. The molecular weight excluding hydrogens is 643 g/mol. The summed E-state index contributed by atoms with van der Waals surface area (Å²) in [5.74, 6) is 1.38. The minimum absolute atomic E-state index is 0.0519. The first-order chi connectivity index (χ1) is 22.7. The van der Waals surface area contributed by atoms with Gasteiger partial charge in [-0.2, -0.15) is 5.10 Å². The van der Waals surface area contributed by atoms with Gasteiger partial charge in [-0.1, -0.05) is 76.9 Å². The number of hydrazone groups is 1. The smallest absolute Gasteiger partial charge is 0.275 e. The standard InChI is InChI=1S/C38H52Cl2N6O2/c1-9-25(4)43-33(45-41-8)23-42-35(47)28-12-10-27(11-13-28)32(16-17-37(5,6)7)46-36(48)34(29-20-30(39)22-31(40)21-29)44-38(46)18-14-26(15-19-38)24(2)3/h10-13,20-22,24-26,32H,8-9,14-19,23H2,1-7H3,(H,42,47)(H,43,45). The molecule has 1 heterocycles. The molecule has 10 heteroatoms. The highest BCUT2D eigenvalue weighted by molar-refractivity contribution is 6.47. The summed E-state index contributed by atoms with van der Waals surface area (Å²) >= 11 is 12.8. The Morgan fingerprint density at radius 1 is 1.08 bits per heavy atom. The largest absolute Gasteiger partial charge is 0.345 e. The monoisotopic (exact) mass is 694 g/mol. The van der Waals surface area contributed by atoms with E-state index in [-0.39, 0.29) is 35.9 Å². The van der Waals surface area contributed by atoms with Crippen molar-refractivity contribution in [1.29, 1.82) is 0 Å². The predicted octanol–water partition coefficient (Wildman–Crippen LogP) is 8.87. The Morgan fingerprint density at radius 3 is 2.25 bits per heavy atom. The van der Waals surface area contributed by atoms with Gasteiger partial charge in [-0.3, -0.25) is 25.0 Å². The molecule has 2 aliphatic rings. The Kier molecular flexibility index (Phi) is 12.5. The molecule has 0 aromatic heterocycles. The number of amidine groups is 1. The molecule has 2 amide bonds. The van der Waals surface area contributed by atoms with Crippen LogP contribution in [0.3, 0.4) is 0 Å². The van der Waals surface area contributed by atoms with Gasteiger partial charge in [0, 0.05) is 33.9 Å². The Hall–Kier alpha value is -3.23. The Labute approximate surface area is 296 Å². The second-order valence-corrected chi connectivity index (χ2v) is 15.8. The van der Waals surface area contributed by atoms with Gasteiger partial charge < -0.3 is 10.2 Å². The molecule has 1 aliphatic carbocycles. The maximum Gasteiger partial charge on any atom is 0.275 e. The van der Waals surface area contributed by atoms with E-state index < -0.39 is 5.66 Å². The third-order valence-electron chi connectivity index (χ3n) is 9.73. The number of carbonyl (C=O) groups excluding carboxylic acids is 2. The van der Waals surface area contributed by atoms with Crippen LogP contribution in [0.5, 0.6) is 0 Å². The summed E-state index contributed by atoms with van der Waals surface area (Å²) in [4.78, 5) is 39.8. The number of halogens is 2. The SMILES string of the molecule is C=NNC(CNC(=O)c1ccc(C(CCC(C)(C)C)N2C(=O)C(c3cc(Cl)cc(Cl)c3)=NC23CCC(C(C)C)CC3)cc1)=NC(C)CC. The van der Waals surface area contributed by atoms with Crippen molar-refractivity contribution in [2.24, 2.45) is 32.3 Å². The fraction of sp³-hybridized carbons (Fsp3) is 0.553. The molecule has 260 valence electrons. The van der Waals surface area contributed by atoms with Gasteiger partial charge in [0.15, 0.2) is 0 Å². The van der Waals surface area contributed by atoms with Crippen LogP contribution in [0.1, 0.15) is 121 Å². The molecule has 2 aromatic carbocycles. The average Bonchev–Trinajstić information content (AvgIpc) is 3.30. The third-order valence-corrected chi connectivity index (χ3v) is 10.2. The van der Waals surface area contributed by atoms with Gasteiger partial charge in [-0.05, 0) is 105 Å². The van der Waals surface area contributed by atoms with E-state index in [1.165, 1.54) is 0 Å². The zero-order chi connectivity index (χ0) is 35.2. The fourth-order valence-electron chi connectivity index (χ4n) is 6.74. The number of aliphatic imine (C=N–C) groups is 2. The lowest BCUT2D eigenvalue weighted by Gasteiger charge is -2.46. The molecule has 2 aromatic rings. The molecule has 2 atom stereocenters. The number of rotatable bonds is 12. The third kappa shape index (κ3) is 9.26. The van der Waals surface area contributed by atoms with Gasteiger partial charge in [0.2, 0.25) is 0 Å². The minimum Gasteiger partial charge on any atom is -0.345 e. The van der Waals surface area contributed by atoms with Crippen LogP contribution in [0.2, 0.25) is 10.0 Å². The van der Waals surface area contributed by atoms with E-state index in [0.29, 0.717) is 44.6 Å². The molecule has 8 nitrogen and oxygen atoms in total. The van der Waals surface area contributed by atoms with Gasteiger partial charge in [-0.15, -0.1) is 0 Å². The van der Waals surface area contributed by atoms with Crippen LogP contribution < -0.4 is 10.7 Å². The van der Waals surface area contributed by atoms with Crippen molar-refractivity contribution < 1.29 is 9.59 Å². The van der Waals surface area contributed by atoms with Crippen LogP contribution in [0.15, 0.2) is 57.6 Å². The average molecular weight is 696 g/mol. The molecule has 0 saturated heterocycles. The number of carbonyl (C=O) groups is 2. The quantitative estimate of drug-likeness (QED) is 0.132. The zero-order valence-corrected chi connectivity index (χ0v) is 31.1. The van der Waals surface area contributed by atoms with Crippen LogP contribution >= 0.6 is 23.2 Å².